The summed E-state index contributed by atoms with van der Waals surface area (Å²) in [5.41, 5.74) is 2.43. The minimum Gasteiger partial charge on any atom is -0.376 e. The van der Waals surface area contributed by atoms with Crippen LogP contribution in [-0.2, 0) is 16.1 Å². The van der Waals surface area contributed by atoms with Gasteiger partial charge in [0, 0.05) is 6.61 Å². The van der Waals surface area contributed by atoms with Crippen molar-refractivity contribution >= 4 is 17.7 Å². The molecule has 0 aliphatic carbocycles. The van der Waals surface area contributed by atoms with Gasteiger partial charge in [-0.1, -0.05) is 63.7 Å². The summed E-state index contributed by atoms with van der Waals surface area (Å²) in [6, 6.07) is 8.52. The van der Waals surface area contributed by atoms with E-state index in [1.165, 1.54) is 17.3 Å². The maximum Gasteiger partial charge on any atom is 0.230 e. The molecule has 158 valence electrons. The van der Waals surface area contributed by atoms with E-state index < -0.39 is 0 Å². The molecule has 0 spiro atoms. The molecule has 2 heterocycles. The van der Waals surface area contributed by atoms with Crippen molar-refractivity contribution in [2.75, 3.05) is 12.4 Å². The molecule has 0 radical (unpaired) electrons. The van der Waals surface area contributed by atoms with Gasteiger partial charge in [0.2, 0.25) is 11.1 Å². The Morgan fingerprint density at radius 1 is 1.24 bits per heavy atom. The Balaban J connectivity index is 1.56. The predicted molar refractivity (Wildman–Crippen MR) is 114 cm³/mol. The van der Waals surface area contributed by atoms with Crippen molar-refractivity contribution in [3.63, 3.8) is 0 Å². The predicted octanol–water partition coefficient (Wildman–Crippen LogP) is 3.58. The van der Waals surface area contributed by atoms with E-state index in [0.29, 0.717) is 23.5 Å². The number of carbonyl (C=O) groups is 1. The van der Waals surface area contributed by atoms with E-state index >= 15 is 0 Å². The standard InChI is InChI=1S/C21H31N5O2S/c1-14(2)16-7-9-17(10-8-16)20(15(3)4)22-19(27)13-29-21-23-24-25-26(21)12-18-6-5-11-28-18/h7-10,14-15,18,20H,5-6,11-13H2,1-4H3,(H,22,27)/t18-,20-/m1/s1. The van der Waals surface area contributed by atoms with Gasteiger partial charge in [-0.15, -0.1) is 5.10 Å². The van der Waals surface area contributed by atoms with Crippen LogP contribution in [0.2, 0.25) is 0 Å². The second-order valence-electron chi connectivity index (χ2n) is 8.18. The van der Waals surface area contributed by atoms with Crippen LogP contribution in [0.5, 0.6) is 0 Å². The van der Waals surface area contributed by atoms with Gasteiger partial charge in [-0.25, -0.2) is 4.68 Å². The average Bonchev–Trinajstić information content (AvgIpc) is 3.37. The molecule has 1 fully saturated rings. The normalized spacial score (nSPS) is 17.8. The molecule has 7 nitrogen and oxygen atoms in total. The number of rotatable bonds is 9. The number of tetrazole rings is 1. The number of nitrogens with zero attached hydrogens (tertiary/aromatic N) is 4. The number of hydrogen-bond acceptors (Lipinski definition) is 6. The number of nitrogens with one attached hydrogen (secondary N) is 1. The fraction of sp³-hybridized carbons (Fsp3) is 0.619. The molecule has 2 atom stereocenters. The fourth-order valence-electron chi connectivity index (χ4n) is 3.46. The Labute approximate surface area is 177 Å². The summed E-state index contributed by atoms with van der Waals surface area (Å²) in [6.07, 6.45) is 2.26. The van der Waals surface area contributed by atoms with Crippen LogP contribution < -0.4 is 5.32 Å². The summed E-state index contributed by atoms with van der Waals surface area (Å²) in [7, 11) is 0. The summed E-state index contributed by atoms with van der Waals surface area (Å²) in [5, 5.41) is 15.7. The summed E-state index contributed by atoms with van der Waals surface area (Å²) in [4.78, 5) is 12.6. The monoisotopic (exact) mass is 417 g/mol. The molecule has 0 saturated carbocycles. The first-order valence-electron chi connectivity index (χ1n) is 10.3. The number of hydrogen-bond donors (Lipinski definition) is 1. The second kappa shape index (κ2) is 10.2. The molecule has 0 unspecified atom stereocenters. The van der Waals surface area contributed by atoms with Crippen molar-refractivity contribution in [1.29, 1.82) is 0 Å². The average molecular weight is 418 g/mol. The Bertz CT molecular complexity index is 785. The molecular formula is C21H31N5O2S. The highest BCUT2D eigenvalue weighted by atomic mass is 32.2. The van der Waals surface area contributed by atoms with Crippen molar-refractivity contribution < 1.29 is 9.53 Å². The zero-order valence-electron chi connectivity index (χ0n) is 17.7. The van der Waals surface area contributed by atoms with E-state index in [2.05, 4.69) is 72.8 Å². The Morgan fingerprint density at radius 2 is 1.97 bits per heavy atom. The molecular weight excluding hydrogens is 386 g/mol. The smallest absolute Gasteiger partial charge is 0.230 e. The van der Waals surface area contributed by atoms with Gasteiger partial charge in [0.25, 0.3) is 0 Å². The summed E-state index contributed by atoms with van der Waals surface area (Å²) >= 11 is 1.36. The van der Waals surface area contributed by atoms with Gasteiger partial charge in [-0.2, -0.15) is 0 Å². The Hall–Kier alpha value is -1.93. The minimum absolute atomic E-state index is 0.0201. The van der Waals surface area contributed by atoms with Crippen LogP contribution in [0.4, 0.5) is 0 Å². The van der Waals surface area contributed by atoms with Crippen molar-refractivity contribution in [3.8, 4) is 0 Å². The molecule has 1 aromatic carbocycles. The van der Waals surface area contributed by atoms with Crippen LogP contribution in [0.1, 0.15) is 63.6 Å². The molecule has 1 N–H and O–H groups in total. The number of benzene rings is 1. The lowest BCUT2D eigenvalue weighted by molar-refractivity contribution is -0.119. The van der Waals surface area contributed by atoms with Crippen LogP contribution in [0.15, 0.2) is 29.4 Å². The zero-order chi connectivity index (χ0) is 20.8. The molecule has 0 bridgehead atoms. The Morgan fingerprint density at radius 3 is 2.59 bits per heavy atom. The highest BCUT2D eigenvalue weighted by molar-refractivity contribution is 7.99. The van der Waals surface area contributed by atoms with Crippen LogP contribution >= 0.6 is 11.8 Å². The van der Waals surface area contributed by atoms with Gasteiger partial charge >= 0.3 is 0 Å². The lowest BCUT2D eigenvalue weighted by Gasteiger charge is -2.23. The minimum atomic E-state index is -0.0211. The third-order valence-corrected chi connectivity index (χ3v) is 6.13. The highest BCUT2D eigenvalue weighted by Gasteiger charge is 2.21. The number of aromatic nitrogens is 4. The van der Waals surface area contributed by atoms with E-state index in [-0.39, 0.29) is 23.8 Å². The largest absolute Gasteiger partial charge is 0.376 e. The van der Waals surface area contributed by atoms with Gasteiger partial charge in [0.05, 0.1) is 24.4 Å². The maximum atomic E-state index is 12.6. The Kier molecular flexibility index (Phi) is 7.66. The number of thioether (sulfide) groups is 1. The van der Waals surface area contributed by atoms with Gasteiger partial charge < -0.3 is 10.1 Å². The summed E-state index contributed by atoms with van der Waals surface area (Å²) < 4.78 is 7.39. The molecule has 8 heteroatoms. The topological polar surface area (TPSA) is 81.9 Å². The summed E-state index contributed by atoms with van der Waals surface area (Å²) in [6.45, 7) is 10.0. The van der Waals surface area contributed by atoms with Crippen molar-refractivity contribution in [3.05, 3.63) is 35.4 Å². The number of amides is 1. The van der Waals surface area contributed by atoms with Gasteiger partial charge in [0.15, 0.2) is 0 Å². The number of ether oxygens (including phenoxy) is 1. The van der Waals surface area contributed by atoms with Crippen LogP contribution in [0.25, 0.3) is 0 Å². The van der Waals surface area contributed by atoms with E-state index in [1.807, 2.05) is 0 Å². The van der Waals surface area contributed by atoms with Gasteiger partial charge in [-0.05, 0) is 46.2 Å². The third-order valence-electron chi connectivity index (χ3n) is 5.18. The first kappa shape index (κ1) is 21.8. The van der Waals surface area contributed by atoms with E-state index in [1.54, 1.807) is 4.68 Å². The van der Waals surface area contributed by atoms with E-state index in [4.69, 9.17) is 4.74 Å². The van der Waals surface area contributed by atoms with Gasteiger partial charge in [0.1, 0.15) is 0 Å². The SMILES string of the molecule is CC(C)c1ccc([C@H](NC(=O)CSc2nnnn2C[C@H]2CCCO2)C(C)C)cc1. The van der Waals surface area contributed by atoms with Crippen LogP contribution in [0.3, 0.4) is 0 Å². The third kappa shape index (κ3) is 6.02. The molecule has 1 aliphatic heterocycles. The molecule has 1 aromatic heterocycles. The molecule has 29 heavy (non-hydrogen) atoms. The van der Waals surface area contributed by atoms with Gasteiger partial charge in [-0.3, -0.25) is 4.79 Å². The van der Waals surface area contributed by atoms with Crippen molar-refractivity contribution in [1.82, 2.24) is 25.5 Å². The first-order valence-corrected chi connectivity index (χ1v) is 11.3. The van der Waals surface area contributed by atoms with Crippen molar-refractivity contribution in [2.45, 2.75) is 70.3 Å². The zero-order valence-corrected chi connectivity index (χ0v) is 18.5. The lowest BCUT2D eigenvalue weighted by atomic mass is 9.93. The van der Waals surface area contributed by atoms with Crippen LogP contribution in [-0.4, -0.2) is 44.6 Å². The van der Waals surface area contributed by atoms with Crippen molar-refractivity contribution in [2.24, 2.45) is 5.92 Å². The lowest BCUT2D eigenvalue weighted by Crippen LogP contribution is -2.33. The van der Waals surface area contributed by atoms with E-state index in [0.717, 1.165) is 25.0 Å². The van der Waals surface area contributed by atoms with Crippen LogP contribution in [0, 0.1) is 5.92 Å². The highest BCUT2D eigenvalue weighted by Crippen LogP contribution is 2.25. The molecule has 2 aromatic rings. The fourth-order valence-corrected chi connectivity index (χ4v) is 4.16. The molecule has 1 saturated heterocycles. The molecule has 1 aliphatic rings. The maximum absolute atomic E-state index is 12.6. The molecule has 3 rings (SSSR count). The second-order valence-corrected chi connectivity index (χ2v) is 9.12. The quantitative estimate of drug-likeness (QED) is 0.628. The van der Waals surface area contributed by atoms with E-state index in [9.17, 15) is 4.79 Å². The first-order chi connectivity index (χ1) is 13.9. The number of carbonyl (C=O) groups excluding carboxylic acids is 1. The molecule has 1 amide bonds. The summed E-state index contributed by atoms with van der Waals surface area (Å²) in [5.74, 6) is 1.04.